The highest BCUT2D eigenvalue weighted by Gasteiger charge is 2.10. The molecule has 0 bridgehead atoms. The number of benzene rings is 1. The Kier molecular flexibility index (Phi) is 4.31. The summed E-state index contributed by atoms with van der Waals surface area (Å²) in [7, 11) is 0. The van der Waals surface area contributed by atoms with Crippen molar-refractivity contribution in [2.24, 2.45) is 0 Å². The van der Waals surface area contributed by atoms with E-state index in [1.807, 2.05) is 60.9 Å². The van der Waals surface area contributed by atoms with Gasteiger partial charge in [-0.2, -0.15) is 0 Å². The fourth-order valence-electron chi connectivity index (χ4n) is 2.69. The van der Waals surface area contributed by atoms with Crippen molar-refractivity contribution in [2.45, 2.75) is 6.42 Å². The Bertz CT molecular complexity index is 997. The Morgan fingerprint density at radius 1 is 1.04 bits per heavy atom. The molecule has 0 fully saturated rings. The van der Waals surface area contributed by atoms with E-state index in [0.717, 1.165) is 41.1 Å². The summed E-state index contributed by atoms with van der Waals surface area (Å²) < 4.78 is 0. The van der Waals surface area contributed by atoms with E-state index in [-0.39, 0.29) is 0 Å². The summed E-state index contributed by atoms with van der Waals surface area (Å²) in [5.74, 6) is 1.44. The first-order valence-corrected chi connectivity index (χ1v) is 8.42. The van der Waals surface area contributed by atoms with Crippen molar-refractivity contribution in [3.63, 3.8) is 0 Å². The zero-order valence-corrected chi connectivity index (χ0v) is 14.2. The molecule has 0 unspecified atom stereocenters. The Hall–Kier alpha value is -2.92. The predicted octanol–water partition coefficient (Wildman–Crippen LogP) is 4.33. The second-order valence-electron chi connectivity index (χ2n) is 5.64. The molecule has 0 saturated heterocycles. The number of fused-ring (bicyclic) bond motifs is 1. The van der Waals surface area contributed by atoms with Crippen LogP contribution in [-0.2, 0) is 6.42 Å². The maximum Gasteiger partial charge on any atom is 0.163 e. The zero-order chi connectivity index (χ0) is 17.1. The number of halogens is 1. The number of nitrogens with one attached hydrogen (secondary N) is 2. The lowest BCUT2D eigenvalue weighted by molar-refractivity contribution is 0.955. The predicted molar refractivity (Wildman–Crippen MR) is 101 cm³/mol. The third kappa shape index (κ3) is 3.46. The van der Waals surface area contributed by atoms with Crippen molar-refractivity contribution in [1.82, 2.24) is 19.9 Å². The number of hydrogen-bond donors (Lipinski definition) is 2. The van der Waals surface area contributed by atoms with Crippen LogP contribution in [0, 0.1) is 0 Å². The number of aromatic amines is 1. The van der Waals surface area contributed by atoms with Crippen molar-refractivity contribution in [2.75, 3.05) is 11.9 Å². The lowest BCUT2D eigenvalue weighted by atomic mass is 10.2. The minimum absolute atomic E-state index is 0.637. The molecule has 4 aromatic rings. The van der Waals surface area contributed by atoms with Crippen LogP contribution in [0.1, 0.15) is 5.69 Å². The van der Waals surface area contributed by atoms with Gasteiger partial charge in [0.15, 0.2) is 5.82 Å². The Morgan fingerprint density at radius 2 is 2.00 bits per heavy atom. The first kappa shape index (κ1) is 15.6. The lowest BCUT2D eigenvalue weighted by Gasteiger charge is -2.09. The van der Waals surface area contributed by atoms with Crippen LogP contribution in [0.5, 0.6) is 0 Å². The number of anilines is 1. The van der Waals surface area contributed by atoms with E-state index in [1.54, 1.807) is 0 Å². The van der Waals surface area contributed by atoms with Gasteiger partial charge in [0.2, 0.25) is 0 Å². The Morgan fingerprint density at radius 3 is 2.84 bits per heavy atom. The van der Waals surface area contributed by atoms with Gasteiger partial charge in [-0.05, 0) is 30.3 Å². The summed E-state index contributed by atoms with van der Waals surface area (Å²) in [6.07, 6.45) is 4.50. The molecule has 0 radical (unpaired) electrons. The van der Waals surface area contributed by atoms with Gasteiger partial charge in [-0.25, -0.2) is 9.97 Å². The number of aromatic nitrogens is 4. The molecule has 0 amide bonds. The summed E-state index contributed by atoms with van der Waals surface area (Å²) in [5.41, 5.74) is 2.73. The van der Waals surface area contributed by atoms with Gasteiger partial charge in [-0.1, -0.05) is 29.8 Å². The summed E-state index contributed by atoms with van der Waals surface area (Å²) in [6.45, 7) is 0.739. The molecule has 0 aliphatic rings. The fraction of sp³-hybridized carbons (Fsp3) is 0.105. The normalized spacial score (nSPS) is 10.9. The molecule has 5 nitrogen and oxygen atoms in total. The van der Waals surface area contributed by atoms with E-state index in [1.165, 1.54) is 0 Å². The fourth-order valence-corrected chi connectivity index (χ4v) is 2.88. The summed E-state index contributed by atoms with van der Waals surface area (Å²) in [5, 5.41) is 5.03. The van der Waals surface area contributed by atoms with Crippen LogP contribution < -0.4 is 5.32 Å². The minimum atomic E-state index is 0.637. The van der Waals surface area contributed by atoms with Crippen LogP contribution in [0.2, 0.25) is 5.02 Å². The van der Waals surface area contributed by atoms with Crippen molar-refractivity contribution in [3.05, 3.63) is 71.6 Å². The smallest absolute Gasteiger partial charge is 0.163 e. The highest BCUT2D eigenvalue weighted by atomic mass is 35.5. The molecular weight excluding hydrogens is 334 g/mol. The van der Waals surface area contributed by atoms with Gasteiger partial charge >= 0.3 is 0 Å². The first-order valence-electron chi connectivity index (χ1n) is 8.04. The summed E-state index contributed by atoms with van der Waals surface area (Å²) >= 11 is 6.10. The molecule has 0 saturated carbocycles. The second-order valence-corrected chi connectivity index (χ2v) is 6.08. The minimum Gasteiger partial charge on any atom is -0.369 e. The van der Waals surface area contributed by atoms with Gasteiger partial charge < -0.3 is 10.3 Å². The number of hydrogen-bond acceptors (Lipinski definition) is 4. The summed E-state index contributed by atoms with van der Waals surface area (Å²) in [4.78, 5) is 16.8. The van der Waals surface area contributed by atoms with Crippen LogP contribution in [0.25, 0.3) is 22.4 Å². The monoisotopic (exact) mass is 349 g/mol. The third-order valence-electron chi connectivity index (χ3n) is 3.90. The molecule has 4 rings (SSSR count). The molecular formula is C19H16ClN5. The van der Waals surface area contributed by atoms with Crippen LogP contribution >= 0.6 is 11.6 Å². The molecule has 3 aromatic heterocycles. The van der Waals surface area contributed by atoms with Crippen molar-refractivity contribution in [1.29, 1.82) is 0 Å². The van der Waals surface area contributed by atoms with E-state index in [2.05, 4.69) is 20.3 Å². The largest absolute Gasteiger partial charge is 0.369 e. The standard InChI is InChI=1S/C19H16ClN5/c20-14-5-3-4-13(12-14)17-24-18(16-8-11-23-19(16)25-17)22-10-7-15-6-1-2-9-21-15/h1-6,8-9,11-12H,7,10H2,(H2,22,23,24,25). The SMILES string of the molecule is Clc1cccc(-c2nc(NCCc3ccccn3)c3cc[nH]c3n2)c1. The van der Waals surface area contributed by atoms with Gasteiger partial charge in [-0.3, -0.25) is 4.98 Å². The molecule has 124 valence electrons. The van der Waals surface area contributed by atoms with Crippen molar-refractivity contribution in [3.8, 4) is 11.4 Å². The Labute approximate surface area is 150 Å². The van der Waals surface area contributed by atoms with Gasteiger partial charge in [0, 0.05) is 41.6 Å². The zero-order valence-electron chi connectivity index (χ0n) is 13.4. The maximum atomic E-state index is 6.10. The quantitative estimate of drug-likeness (QED) is 0.563. The van der Waals surface area contributed by atoms with E-state index in [0.29, 0.717) is 10.8 Å². The third-order valence-corrected chi connectivity index (χ3v) is 4.13. The second kappa shape index (κ2) is 6.91. The highest BCUT2D eigenvalue weighted by Crippen LogP contribution is 2.25. The topological polar surface area (TPSA) is 66.5 Å². The Balaban J connectivity index is 1.62. The molecule has 0 spiro atoms. The van der Waals surface area contributed by atoms with E-state index < -0.39 is 0 Å². The molecule has 0 aliphatic heterocycles. The molecule has 2 N–H and O–H groups in total. The highest BCUT2D eigenvalue weighted by molar-refractivity contribution is 6.30. The van der Waals surface area contributed by atoms with Crippen LogP contribution in [-0.4, -0.2) is 26.5 Å². The molecule has 0 atom stereocenters. The van der Waals surface area contributed by atoms with Crippen LogP contribution in [0.15, 0.2) is 60.9 Å². The van der Waals surface area contributed by atoms with Gasteiger partial charge in [0.1, 0.15) is 11.5 Å². The number of nitrogens with zero attached hydrogens (tertiary/aromatic N) is 3. The number of pyridine rings is 1. The molecule has 3 heterocycles. The molecule has 6 heteroatoms. The van der Waals surface area contributed by atoms with Gasteiger partial charge in [0.25, 0.3) is 0 Å². The van der Waals surface area contributed by atoms with Gasteiger partial charge in [0.05, 0.1) is 5.39 Å². The first-order chi connectivity index (χ1) is 12.3. The van der Waals surface area contributed by atoms with Gasteiger partial charge in [-0.15, -0.1) is 0 Å². The molecule has 0 aliphatic carbocycles. The number of H-pyrrole nitrogens is 1. The average molecular weight is 350 g/mol. The van der Waals surface area contributed by atoms with Crippen LogP contribution in [0.4, 0.5) is 5.82 Å². The van der Waals surface area contributed by atoms with Crippen LogP contribution in [0.3, 0.4) is 0 Å². The number of rotatable bonds is 5. The summed E-state index contributed by atoms with van der Waals surface area (Å²) in [6, 6.07) is 15.5. The van der Waals surface area contributed by atoms with Crippen molar-refractivity contribution < 1.29 is 0 Å². The molecule has 25 heavy (non-hydrogen) atoms. The lowest BCUT2D eigenvalue weighted by Crippen LogP contribution is -2.08. The maximum absolute atomic E-state index is 6.10. The van der Waals surface area contributed by atoms with E-state index >= 15 is 0 Å². The van der Waals surface area contributed by atoms with E-state index in [9.17, 15) is 0 Å². The van der Waals surface area contributed by atoms with Crippen molar-refractivity contribution >= 4 is 28.5 Å². The molecule has 1 aromatic carbocycles. The average Bonchev–Trinajstić information content (AvgIpc) is 3.11. The van der Waals surface area contributed by atoms with E-state index in [4.69, 9.17) is 16.6 Å².